The third-order valence-corrected chi connectivity index (χ3v) is 19.8. The average molecular weight is 973 g/mol. The normalized spacial score (nSPS) is 56.0. The molecule has 0 spiro atoms. The molecule has 0 aromatic carbocycles. The van der Waals surface area contributed by atoms with Gasteiger partial charge in [-0.25, -0.2) is 4.79 Å². The molecule has 8 rings (SSSR count). The van der Waals surface area contributed by atoms with E-state index < -0.39 is 139 Å². The first-order chi connectivity index (χ1) is 31.7. The first kappa shape index (κ1) is 52.4. The van der Waals surface area contributed by atoms with Gasteiger partial charge in [-0.15, -0.1) is 0 Å². The Morgan fingerprint density at radius 1 is 0.662 bits per heavy atom. The van der Waals surface area contributed by atoms with Crippen LogP contribution in [0.1, 0.15) is 106 Å². The van der Waals surface area contributed by atoms with Gasteiger partial charge in [0.2, 0.25) is 0 Å². The van der Waals surface area contributed by atoms with E-state index in [1.807, 2.05) is 6.92 Å². The van der Waals surface area contributed by atoms with E-state index in [-0.39, 0.29) is 47.0 Å². The molecule has 0 radical (unpaired) electrons. The van der Waals surface area contributed by atoms with Crippen molar-refractivity contribution >= 4 is 11.9 Å². The number of aliphatic hydroxyl groups excluding tert-OH is 10. The predicted octanol–water partition coefficient (Wildman–Crippen LogP) is -0.231. The number of aliphatic hydroxyl groups is 10. The number of fused-ring (bicyclic) bond motifs is 7. The highest BCUT2D eigenvalue weighted by Gasteiger charge is 2.70. The monoisotopic (exact) mass is 972 g/mol. The molecule has 20 heteroatoms. The highest BCUT2D eigenvalue weighted by molar-refractivity contribution is 5.75. The summed E-state index contributed by atoms with van der Waals surface area (Å²) >= 11 is 0. The highest BCUT2D eigenvalue weighted by Crippen LogP contribution is 2.76. The SMILES string of the molecule is C[C@@H]1O[C@@H](O[C@H]2[C@H](O[C@H]3[C@H](O)[C@@H](O)[C@H](O[C@H]4CC[C@@]5(C)[C@@H](CC[C@]6(C)[C@@H]5CC=C5[C@@H]7C[C@](C)(C(=O)O)C[C@@H](O)[C@]7(C)CC[C@]56C)[C@@]4(C)CO)O[C@@H]3C(=O)O)O[C@H](CO)[C@@H](O)[C@@H]2O)[C@H](O)[C@H](O)[C@H]1O. The molecule has 3 saturated heterocycles. The van der Waals surface area contributed by atoms with Crippen molar-refractivity contribution in [1.82, 2.24) is 0 Å². The van der Waals surface area contributed by atoms with Crippen LogP contribution in [0, 0.1) is 50.2 Å². The molecule has 4 saturated carbocycles. The Labute approximate surface area is 396 Å². The molecule has 0 unspecified atom stereocenters. The fraction of sp³-hybridized carbons (Fsp3) is 0.917. The van der Waals surface area contributed by atoms with Crippen LogP contribution in [0.25, 0.3) is 0 Å². The molecule has 12 N–H and O–H groups in total. The zero-order valence-electron chi connectivity index (χ0n) is 40.0. The van der Waals surface area contributed by atoms with E-state index in [1.54, 1.807) is 6.92 Å². The first-order valence-electron chi connectivity index (χ1n) is 24.4. The van der Waals surface area contributed by atoms with E-state index in [1.165, 1.54) is 12.5 Å². The van der Waals surface area contributed by atoms with Crippen molar-refractivity contribution in [2.24, 2.45) is 50.2 Å². The van der Waals surface area contributed by atoms with Crippen LogP contribution in [0.4, 0.5) is 0 Å². The maximum atomic E-state index is 12.9. The number of carbonyl (C=O) groups is 2. The molecule has 26 atom stereocenters. The number of hydrogen-bond acceptors (Lipinski definition) is 18. The molecule has 7 fully saturated rings. The lowest BCUT2D eigenvalue weighted by Gasteiger charge is -2.71. The lowest BCUT2D eigenvalue weighted by molar-refractivity contribution is -0.388. The Kier molecular flexibility index (Phi) is 14.0. The van der Waals surface area contributed by atoms with Crippen LogP contribution < -0.4 is 0 Å². The summed E-state index contributed by atoms with van der Waals surface area (Å²) in [5.41, 5.74) is -2.01. The van der Waals surface area contributed by atoms with Crippen LogP contribution in [0.3, 0.4) is 0 Å². The van der Waals surface area contributed by atoms with Crippen LogP contribution in [0.5, 0.6) is 0 Å². The minimum absolute atomic E-state index is 0.0972. The van der Waals surface area contributed by atoms with Crippen LogP contribution in [0.2, 0.25) is 0 Å². The Morgan fingerprint density at radius 3 is 1.93 bits per heavy atom. The zero-order chi connectivity index (χ0) is 50.0. The molecule has 5 aliphatic carbocycles. The number of ether oxygens (including phenoxy) is 6. The van der Waals surface area contributed by atoms with Crippen molar-refractivity contribution in [2.45, 2.75) is 211 Å². The molecule has 68 heavy (non-hydrogen) atoms. The molecule has 8 aliphatic rings. The van der Waals surface area contributed by atoms with Gasteiger partial charge in [-0.2, -0.15) is 0 Å². The summed E-state index contributed by atoms with van der Waals surface area (Å²) in [5, 5.41) is 130. The number of rotatable bonds is 10. The maximum absolute atomic E-state index is 12.9. The van der Waals surface area contributed by atoms with Crippen molar-refractivity contribution in [3.63, 3.8) is 0 Å². The van der Waals surface area contributed by atoms with Gasteiger partial charge in [0, 0.05) is 10.8 Å². The van der Waals surface area contributed by atoms with E-state index in [4.69, 9.17) is 28.4 Å². The third-order valence-electron chi connectivity index (χ3n) is 19.8. The van der Waals surface area contributed by atoms with Gasteiger partial charge in [0.15, 0.2) is 25.0 Å². The van der Waals surface area contributed by atoms with Gasteiger partial charge in [0.05, 0.1) is 36.9 Å². The van der Waals surface area contributed by atoms with Crippen molar-refractivity contribution < 1.29 is 99.3 Å². The van der Waals surface area contributed by atoms with Gasteiger partial charge in [-0.05, 0) is 106 Å². The highest BCUT2D eigenvalue weighted by atomic mass is 16.8. The van der Waals surface area contributed by atoms with Crippen molar-refractivity contribution in [2.75, 3.05) is 13.2 Å². The van der Waals surface area contributed by atoms with Gasteiger partial charge in [0.1, 0.15) is 61.0 Å². The Balaban J connectivity index is 1.01. The average Bonchev–Trinajstić information content (AvgIpc) is 3.28. The maximum Gasteiger partial charge on any atom is 0.335 e. The second-order valence-electron chi connectivity index (χ2n) is 23.3. The summed E-state index contributed by atoms with van der Waals surface area (Å²) in [6.45, 7) is 13.0. The summed E-state index contributed by atoms with van der Waals surface area (Å²) in [4.78, 5) is 25.5. The van der Waals surface area contributed by atoms with Gasteiger partial charge < -0.3 is 89.7 Å². The van der Waals surface area contributed by atoms with E-state index in [2.05, 4.69) is 33.8 Å². The minimum atomic E-state index is -2.06. The largest absolute Gasteiger partial charge is 0.481 e. The summed E-state index contributed by atoms with van der Waals surface area (Å²) < 4.78 is 35.3. The van der Waals surface area contributed by atoms with Crippen LogP contribution in [-0.4, -0.2) is 191 Å². The molecular formula is C48H76O20. The van der Waals surface area contributed by atoms with E-state index in [0.717, 1.165) is 25.7 Å². The molecule has 20 nitrogen and oxygen atoms in total. The smallest absolute Gasteiger partial charge is 0.335 e. The van der Waals surface area contributed by atoms with E-state index in [0.29, 0.717) is 25.7 Å². The Morgan fingerprint density at radius 2 is 1.29 bits per heavy atom. The van der Waals surface area contributed by atoms with Gasteiger partial charge in [-0.1, -0.05) is 46.3 Å². The fourth-order valence-corrected chi connectivity index (χ4v) is 15.1. The van der Waals surface area contributed by atoms with Gasteiger partial charge in [-0.3, -0.25) is 4.79 Å². The van der Waals surface area contributed by atoms with Crippen molar-refractivity contribution in [3.05, 3.63) is 11.6 Å². The number of hydrogen-bond donors (Lipinski definition) is 12. The number of allylic oxidation sites excluding steroid dienone is 2. The third kappa shape index (κ3) is 7.85. The van der Waals surface area contributed by atoms with Crippen LogP contribution in [0.15, 0.2) is 11.6 Å². The summed E-state index contributed by atoms with van der Waals surface area (Å²) in [6.07, 6.45) is -20.5. The molecule has 0 amide bonds. The van der Waals surface area contributed by atoms with E-state index >= 15 is 0 Å². The quantitative estimate of drug-likeness (QED) is 0.0994. The number of carboxylic acid groups (broad SMARTS) is 2. The zero-order valence-corrected chi connectivity index (χ0v) is 40.0. The Hall–Kier alpha value is -1.96. The van der Waals surface area contributed by atoms with Gasteiger partial charge in [0.25, 0.3) is 0 Å². The molecule has 0 aromatic heterocycles. The second-order valence-corrected chi connectivity index (χ2v) is 23.3. The van der Waals surface area contributed by atoms with Crippen molar-refractivity contribution in [1.29, 1.82) is 0 Å². The van der Waals surface area contributed by atoms with Crippen LogP contribution in [-0.2, 0) is 38.0 Å². The molecular weight excluding hydrogens is 897 g/mol. The molecule has 388 valence electrons. The minimum Gasteiger partial charge on any atom is -0.481 e. The second kappa shape index (κ2) is 18.2. The summed E-state index contributed by atoms with van der Waals surface area (Å²) in [5.74, 6) is -2.61. The Bertz CT molecular complexity index is 1920. The lowest BCUT2D eigenvalue weighted by atomic mass is 9.33. The fourth-order valence-electron chi connectivity index (χ4n) is 15.1. The molecule has 0 aromatic rings. The van der Waals surface area contributed by atoms with Crippen molar-refractivity contribution in [3.8, 4) is 0 Å². The molecule has 3 aliphatic heterocycles. The predicted molar refractivity (Wildman–Crippen MR) is 233 cm³/mol. The lowest BCUT2D eigenvalue weighted by Crippen LogP contribution is -2.68. The summed E-state index contributed by atoms with van der Waals surface area (Å²) in [6, 6.07) is 0. The standard InChI is InChI=1S/C48H76O20/c1-20-28(52)30(54)33(57)39(63-20)67-36-31(55)29(53)23(18-49)64-41(36)66-35-32(56)34(58)40(68-37(35)38(59)60)65-27-11-12-45(4)24(46(27,5)19-50)10-13-48(7)25(45)9-8-21-22-16-43(2,42(61)62)17-26(51)44(22,3)14-15-47(21,48)6/h8,20,22-37,39-41,49-58H,9-19H2,1-7H3,(H,59,60)(H,61,62)/t20-,22-,23+,24+,25+,26+,27-,28-,29+,30+,31-,32+,33+,34+,35-,36+,37-,39-,40+,41-,43-,44+,45-,46+,47+,48+/m0/s1. The summed E-state index contributed by atoms with van der Waals surface area (Å²) in [7, 11) is 0. The first-order valence-corrected chi connectivity index (χ1v) is 24.4. The number of aliphatic carboxylic acids is 2. The number of carboxylic acids is 2. The topological polar surface area (TPSA) is 332 Å². The molecule has 3 heterocycles. The van der Waals surface area contributed by atoms with E-state index in [9.17, 15) is 70.9 Å². The molecule has 0 bridgehead atoms. The van der Waals surface area contributed by atoms with Crippen LogP contribution >= 0.6 is 0 Å². The van der Waals surface area contributed by atoms with Gasteiger partial charge >= 0.3 is 11.9 Å².